The molecule has 0 bridgehead atoms. The van der Waals surface area contributed by atoms with E-state index in [-0.39, 0.29) is 17.7 Å². The topological polar surface area (TPSA) is 57.8 Å². The molecule has 1 unspecified atom stereocenters. The van der Waals surface area contributed by atoms with Gasteiger partial charge in [-0.3, -0.25) is 9.89 Å². The van der Waals surface area contributed by atoms with Gasteiger partial charge in [-0.1, -0.05) is 83.7 Å². The van der Waals surface area contributed by atoms with E-state index in [1.807, 2.05) is 20.8 Å². The fraction of sp³-hybridized carbons (Fsp3) is 0.357. The number of rotatable bonds is 10. The van der Waals surface area contributed by atoms with Crippen molar-refractivity contribution in [3.63, 3.8) is 0 Å². The molecule has 33 heavy (non-hydrogen) atoms. The average molecular weight is 452 g/mol. The van der Waals surface area contributed by atoms with Crippen molar-refractivity contribution in [2.75, 3.05) is 7.05 Å². The van der Waals surface area contributed by atoms with Crippen molar-refractivity contribution >= 4 is 11.5 Å². The highest BCUT2D eigenvalue weighted by Gasteiger charge is 2.21. The Morgan fingerprint density at radius 3 is 2.61 bits per heavy atom. The van der Waals surface area contributed by atoms with E-state index in [1.54, 1.807) is 19.2 Å². The van der Waals surface area contributed by atoms with Crippen molar-refractivity contribution in [3.8, 4) is 0 Å². The Hall–Kier alpha value is -3.21. The molecule has 0 aliphatic carbocycles. The summed E-state index contributed by atoms with van der Waals surface area (Å²) in [6.07, 6.45) is 10.1. The summed E-state index contributed by atoms with van der Waals surface area (Å²) in [6.45, 7) is 15.5. The Morgan fingerprint density at radius 2 is 2.03 bits per heavy atom. The van der Waals surface area contributed by atoms with Crippen LogP contribution in [0, 0.1) is 0 Å². The maximum absolute atomic E-state index is 13.3. The number of aromatic nitrogens is 2. The summed E-state index contributed by atoms with van der Waals surface area (Å²) >= 11 is 0. The Balaban J connectivity index is 0.000000361. The molecule has 178 valence electrons. The van der Waals surface area contributed by atoms with Crippen LogP contribution in [0.5, 0.6) is 0 Å². The third-order valence-electron chi connectivity index (χ3n) is 5.13. The molecule has 1 heterocycles. The van der Waals surface area contributed by atoms with Gasteiger partial charge < -0.3 is 5.32 Å². The van der Waals surface area contributed by atoms with Crippen LogP contribution in [0.4, 0.5) is 4.39 Å². The van der Waals surface area contributed by atoms with Crippen molar-refractivity contribution in [3.05, 3.63) is 95.6 Å². The van der Waals surface area contributed by atoms with Gasteiger partial charge in [0.2, 0.25) is 0 Å². The van der Waals surface area contributed by atoms with Crippen molar-refractivity contribution in [1.82, 2.24) is 15.5 Å². The van der Waals surface area contributed by atoms with Crippen LogP contribution in [-0.4, -0.2) is 23.2 Å². The number of nitrogens with zero attached hydrogens (tertiary/aromatic N) is 1. The lowest BCUT2D eigenvalue weighted by molar-refractivity contribution is 0.0961. The van der Waals surface area contributed by atoms with Crippen LogP contribution in [0.15, 0.2) is 67.6 Å². The van der Waals surface area contributed by atoms with E-state index < -0.39 is 0 Å². The molecule has 1 amide bonds. The number of carbonyl (C=O) groups excluding carboxylic acids is 1. The van der Waals surface area contributed by atoms with Gasteiger partial charge in [-0.05, 0) is 48.1 Å². The van der Waals surface area contributed by atoms with E-state index in [9.17, 15) is 9.18 Å². The second kappa shape index (κ2) is 14.8. The first-order valence-corrected chi connectivity index (χ1v) is 11.6. The number of hydrogen-bond donors (Lipinski definition) is 2. The summed E-state index contributed by atoms with van der Waals surface area (Å²) in [7, 11) is 1.59. The molecular weight excluding hydrogens is 413 g/mol. The van der Waals surface area contributed by atoms with E-state index in [0.29, 0.717) is 24.1 Å². The quantitative estimate of drug-likeness (QED) is 0.379. The molecule has 2 rings (SSSR count). The number of hydrogen-bond acceptors (Lipinski definition) is 2. The molecule has 0 fully saturated rings. The van der Waals surface area contributed by atoms with Gasteiger partial charge >= 0.3 is 0 Å². The number of allylic oxidation sites excluding steroid dienone is 6. The third-order valence-corrected chi connectivity index (χ3v) is 5.13. The molecule has 2 N–H and O–H groups in total. The van der Waals surface area contributed by atoms with E-state index in [4.69, 9.17) is 0 Å². The minimum Gasteiger partial charge on any atom is -0.355 e. The Bertz CT molecular complexity index is 985. The SMILES string of the molecule is C=CC(=C)c1cccc(CCC)c1.CC/C=C(F)\C=C/C(C)c1n[nH]c(CC)c1C(=O)NC. The number of amides is 1. The van der Waals surface area contributed by atoms with E-state index in [1.165, 1.54) is 29.7 Å². The van der Waals surface area contributed by atoms with Gasteiger partial charge in [0.15, 0.2) is 0 Å². The van der Waals surface area contributed by atoms with Gasteiger partial charge in [0, 0.05) is 18.7 Å². The first kappa shape index (κ1) is 27.8. The van der Waals surface area contributed by atoms with Crippen molar-refractivity contribution in [2.45, 2.75) is 59.3 Å². The maximum atomic E-state index is 13.3. The van der Waals surface area contributed by atoms with Crippen LogP contribution < -0.4 is 5.32 Å². The summed E-state index contributed by atoms with van der Waals surface area (Å²) in [5, 5.41) is 9.69. The largest absolute Gasteiger partial charge is 0.355 e. The second-order valence-corrected chi connectivity index (χ2v) is 7.72. The second-order valence-electron chi connectivity index (χ2n) is 7.72. The normalized spacial score (nSPS) is 12.1. The Kier molecular flexibility index (Phi) is 12.5. The summed E-state index contributed by atoms with van der Waals surface area (Å²) in [5.41, 5.74) is 5.56. The third kappa shape index (κ3) is 8.68. The average Bonchev–Trinajstić information content (AvgIpc) is 3.27. The summed E-state index contributed by atoms with van der Waals surface area (Å²) in [5.74, 6) is -0.586. The fourth-order valence-electron chi connectivity index (χ4n) is 3.28. The molecule has 1 aromatic heterocycles. The number of carbonyl (C=O) groups is 1. The molecule has 0 spiro atoms. The van der Waals surface area contributed by atoms with Gasteiger partial charge in [0.25, 0.3) is 5.91 Å². The van der Waals surface area contributed by atoms with Crippen LogP contribution in [0.3, 0.4) is 0 Å². The number of H-pyrrole nitrogens is 1. The number of aryl methyl sites for hydroxylation is 2. The molecule has 5 heteroatoms. The molecule has 0 radical (unpaired) electrons. The lowest BCUT2D eigenvalue weighted by atomic mass is 10.00. The predicted molar refractivity (Wildman–Crippen MR) is 138 cm³/mol. The summed E-state index contributed by atoms with van der Waals surface area (Å²) in [4.78, 5) is 11.9. The lowest BCUT2D eigenvalue weighted by Crippen LogP contribution is -2.20. The predicted octanol–water partition coefficient (Wildman–Crippen LogP) is 7.09. The van der Waals surface area contributed by atoms with Crippen molar-refractivity contribution in [1.29, 1.82) is 0 Å². The van der Waals surface area contributed by atoms with Crippen molar-refractivity contribution < 1.29 is 9.18 Å². The maximum Gasteiger partial charge on any atom is 0.254 e. The van der Waals surface area contributed by atoms with Crippen LogP contribution in [0.1, 0.15) is 79.3 Å². The minimum atomic E-state index is -0.271. The zero-order chi connectivity index (χ0) is 24.8. The van der Waals surface area contributed by atoms with E-state index in [0.717, 1.165) is 17.7 Å². The molecule has 2 aromatic rings. The molecule has 0 aliphatic heterocycles. The lowest BCUT2D eigenvalue weighted by Gasteiger charge is -2.07. The number of aromatic amines is 1. The van der Waals surface area contributed by atoms with Gasteiger partial charge in [0.05, 0.1) is 11.3 Å². The van der Waals surface area contributed by atoms with Gasteiger partial charge in [-0.2, -0.15) is 5.10 Å². The van der Waals surface area contributed by atoms with Gasteiger partial charge in [-0.25, -0.2) is 4.39 Å². The number of nitrogens with one attached hydrogen (secondary N) is 2. The van der Waals surface area contributed by atoms with Crippen LogP contribution >= 0.6 is 0 Å². The highest BCUT2D eigenvalue weighted by atomic mass is 19.1. The standard InChI is InChI=1S/C15H22FN3O.C13H16/c1-5-7-11(16)9-8-10(3)14-13(15(20)17-4)12(6-2)18-19-14;1-4-7-12-8-6-9-13(10-12)11(3)5-2/h7-10H,5-6H2,1-4H3,(H,17,20)(H,18,19);5-6,8-10H,2-4,7H2,1H3/b9-8-,11-7+;. The number of benzene rings is 1. The highest BCUT2D eigenvalue weighted by Crippen LogP contribution is 2.23. The van der Waals surface area contributed by atoms with Gasteiger partial charge in [-0.15, -0.1) is 0 Å². The molecule has 0 aliphatic rings. The first-order chi connectivity index (χ1) is 15.8. The molecule has 4 nitrogen and oxygen atoms in total. The molecule has 1 aromatic carbocycles. The minimum absolute atomic E-state index is 0.144. The van der Waals surface area contributed by atoms with E-state index in [2.05, 4.69) is 59.9 Å². The molecular formula is C28H38FN3O. The molecule has 1 atom stereocenters. The van der Waals surface area contributed by atoms with Crippen LogP contribution in [-0.2, 0) is 12.8 Å². The Labute approximate surface area is 198 Å². The van der Waals surface area contributed by atoms with Crippen LogP contribution in [0.25, 0.3) is 5.57 Å². The smallest absolute Gasteiger partial charge is 0.254 e. The van der Waals surface area contributed by atoms with Gasteiger partial charge in [0.1, 0.15) is 5.83 Å². The zero-order valence-corrected chi connectivity index (χ0v) is 20.7. The van der Waals surface area contributed by atoms with Crippen molar-refractivity contribution in [2.24, 2.45) is 0 Å². The molecule has 0 saturated heterocycles. The summed E-state index contributed by atoms with van der Waals surface area (Å²) < 4.78 is 13.3. The fourth-order valence-corrected chi connectivity index (χ4v) is 3.28. The summed E-state index contributed by atoms with van der Waals surface area (Å²) in [6, 6.07) is 8.50. The van der Waals surface area contributed by atoms with Crippen LogP contribution in [0.2, 0.25) is 0 Å². The first-order valence-electron chi connectivity index (χ1n) is 11.6. The Morgan fingerprint density at radius 1 is 1.30 bits per heavy atom. The molecule has 0 saturated carbocycles. The van der Waals surface area contributed by atoms with E-state index >= 15 is 0 Å². The monoisotopic (exact) mass is 451 g/mol. The highest BCUT2D eigenvalue weighted by molar-refractivity contribution is 5.96. The number of halogens is 1. The zero-order valence-electron chi connectivity index (χ0n) is 20.7.